The summed E-state index contributed by atoms with van der Waals surface area (Å²) in [5, 5.41) is 0. The summed E-state index contributed by atoms with van der Waals surface area (Å²) < 4.78 is 51.9. The molecule has 1 aromatic carbocycles. The Morgan fingerprint density at radius 2 is 1.50 bits per heavy atom. The summed E-state index contributed by atoms with van der Waals surface area (Å²) >= 11 is 0. The zero-order chi connectivity index (χ0) is 18.7. The Bertz CT molecular complexity index is 759. The van der Waals surface area contributed by atoms with E-state index >= 15 is 0 Å². The smallest absolute Gasteiger partial charge is 0.242 e. The maximum Gasteiger partial charge on any atom is 0.242 e. The third-order valence-electron chi connectivity index (χ3n) is 3.93. The van der Waals surface area contributed by atoms with E-state index in [0.29, 0.717) is 6.42 Å². The topological polar surface area (TPSA) is 101 Å². The monoisotopic (exact) mass is 377 g/mol. The average Bonchev–Trinajstić information content (AvgIpc) is 2.51. The molecule has 7 nitrogen and oxygen atoms in total. The second-order valence-electron chi connectivity index (χ2n) is 6.29. The third-order valence-corrected chi connectivity index (χ3v) is 7.59. The zero-order valence-corrected chi connectivity index (χ0v) is 16.4. The average molecular weight is 378 g/mol. The Balaban J connectivity index is 3.07. The molecule has 138 valence electrons. The van der Waals surface area contributed by atoms with E-state index in [2.05, 4.69) is 0 Å². The third kappa shape index (κ3) is 4.76. The van der Waals surface area contributed by atoms with Gasteiger partial charge in [-0.25, -0.2) is 25.4 Å². The summed E-state index contributed by atoms with van der Waals surface area (Å²) in [5.74, 6) is 0.259. The molecule has 0 amide bonds. The van der Waals surface area contributed by atoms with E-state index in [0.717, 1.165) is 4.31 Å². The molecule has 0 aliphatic carbocycles. The van der Waals surface area contributed by atoms with Crippen LogP contribution in [0, 0.1) is 5.92 Å². The normalized spacial score (nSPS) is 14.5. The molecule has 0 saturated carbocycles. The maximum atomic E-state index is 12.6. The van der Waals surface area contributed by atoms with E-state index in [4.69, 9.17) is 5.73 Å². The molecule has 0 saturated heterocycles. The predicted molar refractivity (Wildman–Crippen MR) is 94.6 cm³/mol. The Morgan fingerprint density at radius 1 is 1.00 bits per heavy atom. The number of hydrogen-bond acceptors (Lipinski definition) is 5. The van der Waals surface area contributed by atoms with E-state index in [1.165, 1.54) is 49.7 Å². The summed E-state index contributed by atoms with van der Waals surface area (Å²) in [7, 11) is -3.20. The lowest BCUT2D eigenvalue weighted by Gasteiger charge is -2.21. The van der Waals surface area contributed by atoms with Crippen molar-refractivity contribution in [3.8, 4) is 0 Å². The minimum Gasteiger partial charge on any atom is -0.327 e. The highest BCUT2D eigenvalue weighted by molar-refractivity contribution is 7.90. The Labute approximate surface area is 145 Å². The SMILES string of the molecule is CC(C)C(N)CCN(C)S(=O)(=O)c1cccc(S(=O)(=O)N(C)C)c1. The molecule has 0 heterocycles. The van der Waals surface area contributed by atoms with Gasteiger partial charge >= 0.3 is 0 Å². The van der Waals surface area contributed by atoms with Gasteiger partial charge in [-0.2, -0.15) is 0 Å². The van der Waals surface area contributed by atoms with Gasteiger partial charge in [0.05, 0.1) is 9.79 Å². The highest BCUT2D eigenvalue weighted by Crippen LogP contribution is 2.21. The highest BCUT2D eigenvalue weighted by atomic mass is 32.2. The molecule has 2 N–H and O–H groups in total. The van der Waals surface area contributed by atoms with Gasteiger partial charge in [-0.05, 0) is 30.5 Å². The molecule has 0 spiro atoms. The van der Waals surface area contributed by atoms with Gasteiger partial charge < -0.3 is 5.73 Å². The molecule has 0 fully saturated rings. The summed E-state index contributed by atoms with van der Waals surface area (Å²) in [6.07, 6.45) is 0.531. The molecule has 0 bridgehead atoms. The van der Waals surface area contributed by atoms with Crippen LogP contribution < -0.4 is 5.73 Å². The first-order valence-electron chi connectivity index (χ1n) is 7.65. The summed E-state index contributed by atoms with van der Waals surface area (Å²) in [6, 6.07) is 5.29. The van der Waals surface area contributed by atoms with Crippen molar-refractivity contribution in [1.82, 2.24) is 8.61 Å². The van der Waals surface area contributed by atoms with E-state index in [9.17, 15) is 16.8 Å². The van der Waals surface area contributed by atoms with Crippen molar-refractivity contribution in [2.24, 2.45) is 11.7 Å². The first kappa shape index (κ1) is 21.0. The quantitative estimate of drug-likeness (QED) is 0.726. The van der Waals surface area contributed by atoms with Gasteiger partial charge in [-0.1, -0.05) is 19.9 Å². The molecule has 1 atom stereocenters. The molecular weight excluding hydrogens is 350 g/mol. The minimum atomic E-state index is -3.77. The number of sulfonamides is 2. The molecule has 0 radical (unpaired) electrons. The van der Waals surface area contributed by atoms with Gasteiger partial charge in [-0.15, -0.1) is 0 Å². The first-order chi connectivity index (χ1) is 10.9. The zero-order valence-electron chi connectivity index (χ0n) is 14.8. The lowest BCUT2D eigenvalue weighted by atomic mass is 10.0. The number of nitrogens with zero attached hydrogens (tertiary/aromatic N) is 2. The highest BCUT2D eigenvalue weighted by Gasteiger charge is 2.25. The summed E-state index contributed by atoms with van der Waals surface area (Å²) in [5.41, 5.74) is 5.95. The van der Waals surface area contributed by atoms with E-state index in [1.54, 1.807) is 0 Å². The van der Waals surface area contributed by atoms with Gasteiger partial charge in [0.25, 0.3) is 0 Å². The second kappa shape index (κ2) is 7.92. The van der Waals surface area contributed by atoms with Crippen LogP contribution in [0.4, 0.5) is 0 Å². The molecule has 0 aliphatic rings. The standard InChI is InChI=1S/C15H27N3O4S2/c1-12(2)15(16)9-10-18(5)24(21,22)14-8-6-7-13(11-14)23(19,20)17(3)4/h6-8,11-12,15H,9-10,16H2,1-5H3. The maximum absolute atomic E-state index is 12.6. The Kier molecular flexibility index (Phi) is 6.94. The molecule has 1 rings (SSSR count). The largest absolute Gasteiger partial charge is 0.327 e. The van der Waals surface area contributed by atoms with Crippen molar-refractivity contribution in [2.75, 3.05) is 27.7 Å². The molecule has 9 heteroatoms. The van der Waals surface area contributed by atoms with E-state index < -0.39 is 20.0 Å². The fraction of sp³-hybridized carbons (Fsp3) is 0.600. The lowest BCUT2D eigenvalue weighted by Crippen LogP contribution is -2.34. The fourth-order valence-electron chi connectivity index (χ4n) is 1.97. The van der Waals surface area contributed by atoms with Crippen LogP contribution in [-0.4, -0.2) is 59.2 Å². The van der Waals surface area contributed by atoms with E-state index in [1.807, 2.05) is 13.8 Å². The van der Waals surface area contributed by atoms with Gasteiger partial charge in [-0.3, -0.25) is 0 Å². The van der Waals surface area contributed by atoms with Gasteiger partial charge in [0.1, 0.15) is 0 Å². The molecule has 1 unspecified atom stereocenters. The van der Waals surface area contributed by atoms with Gasteiger partial charge in [0, 0.05) is 33.7 Å². The second-order valence-corrected chi connectivity index (χ2v) is 10.5. The summed E-state index contributed by atoms with van der Waals surface area (Å²) in [6.45, 7) is 4.23. The molecule has 1 aromatic rings. The Hall–Kier alpha value is -1.00. The van der Waals surface area contributed by atoms with Crippen LogP contribution in [-0.2, 0) is 20.0 Å². The predicted octanol–water partition coefficient (Wildman–Crippen LogP) is 0.931. The van der Waals surface area contributed by atoms with Crippen LogP contribution in [0.15, 0.2) is 34.1 Å². The number of nitrogens with two attached hydrogens (primary N) is 1. The van der Waals surface area contributed by atoms with Crippen molar-refractivity contribution in [3.05, 3.63) is 24.3 Å². The van der Waals surface area contributed by atoms with Crippen molar-refractivity contribution >= 4 is 20.0 Å². The minimum absolute atomic E-state index is 0.0500. The van der Waals surface area contributed by atoms with Crippen LogP contribution in [0.3, 0.4) is 0 Å². The van der Waals surface area contributed by atoms with Gasteiger partial charge in [0.15, 0.2) is 0 Å². The van der Waals surface area contributed by atoms with Gasteiger partial charge in [0.2, 0.25) is 20.0 Å². The number of rotatable bonds is 8. The molecule has 24 heavy (non-hydrogen) atoms. The number of hydrogen-bond donors (Lipinski definition) is 1. The molecular formula is C15H27N3O4S2. The van der Waals surface area contributed by atoms with Crippen molar-refractivity contribution in [2.45, 2.75) is 36.1 Å². The van der Waals surface area contributed by atoms with Crippen LogP contribution in [0.1, 0.15) is 20.3 Å². The van der Waals surface area contributed by atoms with Crippen LogP contribution >= 0.6 is 0 Å². The van der Waals surface area contributed by atoms with Crippen LogP contribution in [0.25, 0.3) is 0 Å². The van der Waals surface area contributed by atoms with Crippen molar-refractivity contribution in [1.29, 1.82) is 0 Å². The van der Waals surface area contributed by atoms with Crippen LogP contribution in [0.2, 0.25) is 0 Å². The lowest BCUT2D eigenvalue weighted by molar-refractivity contribution is 0.397. The Morgan fingerprint density at radius 3 is 1.96 bits per heavy atom. The fourth-order valence-corrected chi connectivity index (χ4v) is 4.23. The van der Waals surface area contributed by atoms with Crippen molar-refractivity contribution < 1.29 is 16.8 Å². The van der Waals surface area contributed by atoms with Crippen LogP contribution in [0.5, 0.6) is 0 Å². The molecule has 0 aromatic heterocycles. The summed E-state index contributed by atoms with van der Waals surface area (Å²) in [4.78, 5) is -0.105. The number of benzene rings is 1. The van der Waals surface area contributed by atoms with E-state index in [-0.39, 0.29) is 28.3 Å². The van der Waals surface area contributed by atoms with Crippen molar-refractivity contribution in [3.63, 3.8) is 0 Å². The molecule has 0 aliphatic heterocycles. The first-order valence-corrected chi connectivity index (χ1v) is 10.5.